The Labute approximate surface area is 159 Å². The van der Waals surface area contributed by atoms with Crippen LogP contribution in [0.5, 0.6) is 0 Å². The molecule has 0 N–H and O–H groups in total. The number of hydrogen-bond donors (Lipinski definition) is 0. The van der Waals surface area contributed by atoms with Crippen LogP contribution in [0.3, 0.4) is 0 Å². The molecule has 2 nitrogen and oxygen atoms in total. The number of rotatable bonds is 10. The summed E-state index contributed by atoms with van der Waals surface area (Å²) in [5, 5.41) is 2.14. The van der Waals surface area contributed by atoms with Gasteiger partial charge in [-0.05, 0) is 0 Å². The van der Waals surface area contributed by atoms with Crippen molar-refractivity contribution >= 4 is 26.4 Å². The van der Waals surface area contributed by atoms with E-state index in [2.05, 4.69) is 0 Å². The molecule has 0 aliphatic heterocycles. The van der Waals surface area contributed by atoms with Gasteiger partial charge in [-0.25, -0.2) is 0 Å². The van der Waals surface area contributed by atoms with Crippen LogP contribution in [0, 0.1) is 0 Å². The normalized spacial score (nSPS) is 27.2. The summed E-state index contributed by atoms with van der Waals surface area (Å²) in [5.74, 6) is 0. The Bertz CT molecular complexity index is 436. The third kappa shape index (κ3) is 3.96. The summed E-state index contributed by atoms with van der Waals surface area (Å²) in [7, 11) is -0.0237. The third-order valence-electron chi connectivity index (χ3n) is 7.15. The standard InChI is InChI=1S/C18H31P2.2CHO.Ni/c1-5-15(6-1)19(16-7-2-8-16)13-14-20(17-9-3-10-17)18-11-4-12-18;2*1-2;/h13,15-18H,1-12,14H2;2*1H;. The third-order valence-corrected chi connectivity index (χ3v) is 18.1. The molecule has 25 heavy (non-hydrogen) atoms. The molecule has 0 amide bonds. The van der Waals surface area contributed by atoms with Gasteiger partial charge in [-0.1, -0.05) is 0 Å². The zero-order valence-electron chi connectivity index (χ0n) is 15.3. The van der Waals surface area contributed by atoms with E-state index in [-0.39, 0.29) is 15.8 Å². The first-order valence-electron chi connectivity index (χ1n) is 10.3. The summed E-state index contributed by atoms with van der Waals surface area (Å²) in [6, 6.07) is 0. The van der Waals surface area contributed by atoms with Gasteiger partial charge in [0.25, 0.3) is 0 Å². The van der Waals surface area contributed by atoms with Crippen LogP contribution in [0.2, 0.25) is 0 Å². The second kappa shape index (κ2) is 8.80. The van der Waals surface area contributed by atoms with Crippen LogP contribution < -0.4 is 0 Å². The van der Waals surface area contributed by atoms with Crippen LogP contribution in [0.25, 0.3) is 0 Å². The van der Waals surface area contributed by atoms with Crippen molar-refractivity contribution in [1.82, 2.24) is 0 Å². The van der Waals surface area contributed by atoms with Crippen molar-refractivity contribution in [2.24, 2.45) is 0 Å². The van der Waals surface area contributed by atoms with E-state index in [4.69, 9.17) is 0 Å². The number of hydrogen-bond acceptors (Lipinski definition) is 2. The molecule has 0 aromatic carbocycles. The van der Waals surface area contributed by atoms with Crippen molar-refractivity contribution in [2.75, 3.05) is 6.16 Å². The predicted molar refractivity (Wildman–Crippen MR) is 107 cm³/mol. The van der Waals surface area contributed by atoms with Gasteiger partial charge < -0.3 is 0 Å². The molecule has 0 saturated heterocycles. The monoisotopic (exact) mass is 425 g/mol. The molecule has 4 saturated carbocycles. The summed E-state index contributed by atoms with van der Waals surface area (Å²) in [5.41, 5.74) is 3.74. The molecular weight excluding hydrogens is 393 g/mol. The van der Waals surface area contributed by atoms with Crippen LogP contribution >= 0.6 is 15.8 Å². The van der Waals surface area contributed by atoms with Crippen molar-refractivity contribution in [3.63, 3.8) is 0 Å². The second-order valence-corrected chi connectivity index (χ2v) is 16.7. The summed E-state index contributed by atoms with van der Waals surface area (Å²) < 4.78 is 0.480. The molecule has 4 fully saturated rings. The fourth-order valence-electron chi connectivity index (χ4n) is 4.68. The molecule has 1 atom stereocenters. The van der Waals surface area contributed by atoms with Gasteiger partial charge in [-0.3, -0.25) is 0 Å². The van der Waals surface area contributed by atoms with E-state index in [9.17, 15) is 9.59 Å². The average Bonchev–Trinajstić information content (AvgIpc) is 2.39. The van der Waals surface area contributed by atoms with Gasteiger partial charge in [0, 0.05) is 0 Å². The van der Waals surface area contributed by atoms with E-state index in [1.807, 2.05) is 0 Å². The molecule has 0 heterocycles. The van der Waals surface area contributed by atoms with Crippen molar-refractivity contribution in [3.8, 4) is 0 Å². The first kappa shape index (κ1) is 19.0. The summed E-state index contributed by atoms with van der Waals surface area (Å²) in [4.78, 5) is 23.7. The molecule has 0 radical (unpaired) electrons. The van der Waals surface area contributed by atoms with Crippen LogP contribution in [0.4, 0.5) is 0 Å². The zero-order chi connectivity index (χ0) is 17.2. The van der Waals surface area contributed by atoms with E-state index in [1.54, 1.807) is 0 Å². The zero-order valence-corrected chi connectivity index (χ0v) is 18.0. The van der Waals surface area contributed by atoms with Crippen molar-refractivity contribution in [1.29, 1.82) is 0 Å². The summed E-state index contributed by atoms with van der Waals surface area (Å²) >= 11 is -0.766. The van der Waals surface area contributed by atoms with Gasteiger partial charge in [0.2, 0.25) is 0 Å². The topological polar surface area (TPSA) is 34.1 Å². The first-order chi connectivity index (χ1) is 12.3. The SMILES string of the molecule is O=[CH][Ni]([CH]=O)[CH](CP(C1CCC1)C1CCC1)P(C1CCC1)C1CCC1. The number of carbonyl (C=O) groups excluding carboxylic acids is 2. The molecule has 0 spiro atoms. The molecule has 0 bridgehead atoms. The molecule has 0 aromatic rings. The van der Waals surface area contributed by atoms with Crippen LogP contribution in [-0.4, -0.2) is 43.9 Å². The maximum absolute atomic E-state index is 11.8. The molecule has 4 aliphatic rings. The van der Waals surface area contributed by atoms with E-state index in [0.717, 1.165) is 33.1 Å². The molecule has 4 rings (SSSR count). The van der Waals surface area contributed by atoms with Crippen LogP contribution in [-0.2, 0) is 23.0 Å². The number of carbonyl (C=O) groups is 2. The van der Waals surface area contributed by atoms with Gasteiger partial charge in [-0.2, -0.15) is 0 Å². The molecule has 5 heteroatoms. The molecule has 4 aliphatic carbocycles. The quantitative estimate of drug-likeness (QED) is 0.263. The van der Waals surface area contributed by atoms with Gasteiger partial charge in [-0.15, -0.1) is 0 Å². The minimum atomic E-state index is -0.766. The molecule has 1 unspecified atom stereocenters. The Morgan fingerprint density at radius 3 is 1.40 bits per heavy atom. The summed E-state index contributed by atoms with van der Waals surface area (Å²) in [6.07, 6.45) is 18.2. The second-order valence-electron chi connectivity index (χ2n) is 8.34. The van der Waals surface area contributed by atoms with Crippen molar-refractivity contribution in [2.45, 2.75) is 104 Å². The Hall–Kier alpha value is 0.694. The van der Waals surface area contributed by atoms with E-state index in [0.29, 0.717) is 4.63 Å². The van der Waals surface area contributed by atoms with Gasteiger partial charge in [0.15, 0.2) is 0 Å². The Morgan fingerprint density at radius 2 is 1.12 bits per heavy atom. The molecular formula is C20H33NiO2P2. The van der Waals surface area contributed by atoms with Crippen molar-refractivity contribution in [3.05, 3.63) is 0 Å². The Morgan fingerprint density at radius 1 is 0.720 bits per heavy atom. The fraction of sp³-hybridized carbons (Fsp3) is 0.900. The van der Waals surface area contributed by atoms with Crippen LogP contribution in [0.1, 0.15) is 77.0 Å². The first-order valence-corrected chi connectivity index (χ1v) is 15.2. The average molecular weight is 426 g/mol. The minimum absolute atomic E-state index is 0.0721. The van der Waals surface area contributed by atoms with E-state index in [1.165, 1.54) is 83.2 Å². The van der Waals surface area contributed by atoms with Gasteiger partial charge >= 0.3 is 160 Å². The van der Waals surface area contributed by atoms with Gasteiger partial charge in [0.1, 0.15) is 0 Å². The van der Waals surface area contributed by atoms with Gasteiger partial charge in [0.05, 0.1) is 0 Å². The Kier molecular flexibility index (Phi) is 6.70. The van der Waals surface area contributed by atoms with E-state index < -0.39 is 13.4 Å². The fourth-order valence-corrected chi connectivity index (χ4v) is 17.5. The molecule has 145 valence electrons. The van der Waals surface area contributed by atoms with Crippen LogP contribution in [0.15, 0.2) is 0 Å². The predicted octanol–water partition coefficient (Wildman–Crippen LogP) is 5.48. The summed E-state index contributed by atoms with van der Waals surface area (Å²) in [6.45, 7) is 0. The molecule has 0 aromatic heterocycles. The maximum atomic E-state index is 11.8. The Balaban J connectivity index is 1.54. The van der Waals surface area contributed by atoms with Crippen molar-refractivity contribution < 1.29 is 23.0 Å². The van der Waals surface area contributed by atoms with E-state index >= 15 is 0 Å².